The number of amides is 1. The monoisotopic (exact) mass is 432 g/mol. The van der Waals surface area contributed by atoms with Gasteiger partial charge in [-0.3, -0.25) is 14.4 Å². The molecule has 1 aliphatic heterocycles. The lowest BCUT2D eigenvalue weighted by molar-refractivity contribution is 0.0928. The van der Waals surface area contributed by atoms with E-state index in [4.69, 9.17) is 0 Å². The first-order valence-corrected chi connectivity index (χ1v) is 11.3. The third kappa shape index (κ3) is 5.53. The quantitative estimate of drug-likeness (QED) is 0.622. The van der Waals surface area contributed by atoms with Gasteiger partial charge in [-0.15, -0.1) is 0 Å². The Morgan fingerprint density at radius 2 is 1.88 bits per heavy atom. The number of nitrogens with zero attached hydrogens (tertiary/aromatic N) is 5. The van der Waals surface area contributed by atoms with Crippen LogP contribution in [0.15, 0.2) is 54.7 Å². The van der Waals surface area contributed by atoms with Crippen LogP contribution in [0.3, 0.4) is 0 Å². The zero-order valence-corrected chi connectivity index (χ0v) is 19.2. The third-order valence-corrected chi connectivity index (χ3v) is 5.88. The summed E-state index contributed by atoms with van der Waals surface area (Å²) in [6, 6.07) is 16.0. The molecule has 0 aliphatic carbocycles. The van der Waals surface area contributed by atoms with Crippen molar-refractivity contribution >= 4 is 11.7 Å². The number of hydrogen-bond acceptors (Lipinski definition) is 5. The molecular formula is C25H32N6O. The van der Waals surface area contributed by atoms with Crippen molar-refractivity contribution in [1.29, 1.82) is 0 Å². The molecule has 1 aromatic carbocycles. The van der Waals surface area contributed by atoms with E-state index < -0.39 is 0 Å². The molecule has 1 aliphatic rings. The lowest BCUT2D eigenvalue weighted by Gasteiger charge is -2.36. The average Bonchev–Trinajstić information content (AvgIpc) is 3.11. The standard InChI is InChI=1S/C25H32N6O/c1-19-15-21(3)31(28-19)18-22-7-6-8-23(16-22)25(32)27-20(2)17-29-11-13-30(14-12-29)24-9-4-5-10-26-24/h4-10,15-16,20H,11-14,17-18H2,1-3H3,(H,27,32). The summed E-state index contributed by atoms with van der Waals surface area (Å²) in [4.78, 5) is 22.0. The number of carbonyl (C=O) groups excluding carboxylic acids is 1. The zero-order valence-electron chi connectivity index (χ0n) is 19.2. The fraction of sp³-hybridized carbons (Fsp3) is 0.400. The van der Waals surface area contributed by atoms with Crippen LogP contribution < -0.4 is 10.2 Å². The predicted molar refractivity (Wildman–Crippen MR) is 127 cm³/mol. The molecule has 1 amide bonds. The van der Waals surface area contributed by atoms with Crippen molar-refractivity contribution in [2.45, 2.75) is 33.4 Å². The highest BCUT2D eigenvalue weighted by molar-refractivity contribution is 5.94. The van der Waals surface area contributed by atoms with E-state index >= 15 is 0 Å². The molecule has 1 N–H and O–H groups in total. The number of aromatic nitrogens is 3. The van der Waals surface area contributed by atoms with Gasteiger partial charge in [-0.2, -0.15) is 5.10 Å². The zero-order chi connectivity index (χ0) is 22.5. The topological polar surface area (TPSA) is 66.3 Å². The van der Waals surface area contributed by atoms with Gasteiger partial charge in [-0.25, -0.2) is 4.98 Å². The maximum atomic E-state index is 12.8. The second-order valence-electron chi connectivity index (χ2n) is 8.64. The molecule has 7 nitrogen and oxygen atoms in total. The largest absolute Gasteiger partial charge is 0.354 e. The highest BCUT2D eigenvalue weighted by Gasteiger charge is 2.20. The molecular weight excluding hydrogens is 400 g/mol. The van der Waals surface area contributed by atoms with Crippen molar-refractivity contribution in [1.82, 2.24) is 25.0 Å². The highest BCUT2D eigenvalue weighted by Crippen LogP contribution is 2.13. The summed E-state index contributed by atoms with van der Waals surface area (Å²) in [6.07, 6.45) is 1.84. The summed E-state index contributed by atoms with van der Waals surface area (Å²) in [5.41, 5.74) is 3.89. The molecule has 168 valence electrons. The fourth-order valence-corrected chi connectivity index (χ4v) is 4.26. The number of hydrogen-bond donors (Lipinski definition) is 1. The van der Waals surface area contributed by atoms with Crippen molar-refractivity contribution in [3.05, 3.63) is 77.2 Å². The van der Waals surface area contributed by atoms with Crippen LogP contribution in [0.4, 0.5) is 5.82 Å². The molecule has 1 saturated heterocycles. The van der Waals surface area contributed by atoms with Gasteiger partial charge in [0.15, 0.2) is 0 Å². The SMILES string of the molecule is Cc1cc(C)n(Cc2cccc(C(=O)NC(C)CN3CCN(c4ccccn4)CC3)c2)n1. The van der Waals surface area contributed by atoms with Gasteiger partial charge in [0.05, 0.1) is 12.2 Å². The van der Waals surface area contributed by atoms with Crippen molar-refractivity contribution in [2.24, 2.45) is 0 Å². The molecule has 7 heteroatoms. The van der Waals surface area contributed by atoms with Gasteiger partial charge < -0.3 is 10.2 Å². The molecule has 3 aromatic rings. The van der Waals surface area contributed by atoms with Gasteiger partial charge in [-0.05, 0) is 56.7 Å². The van der Waals surface area contributed by atoms with Crippen LogP contribution in [-0.2, 0) is 6.54 Å². The molecule has 3 heterocycles. The summed E-state index contributed by atoms with van der Waals surface area (Å²) in [5.74, 6) is 1.01. The number of rotatable bonds is 7. The third-order valence-electron chi connectivity index (χ3n) is 5.88. The Hall–Kier alpha value is -3.19. The van der Waals surface area contributed by atoms with Crippen LogP contribution in [0.1, 0.15) is 34.2 Å². The first-order chi connectivity index (χ1) is 15.5. The number of carbonyl (C=O) groups is 1. The molecule has 1 fully saturated rings. The Balaban J connectivity index is 1.28. The van der Waals surface area contributed by atoms with Crippen LogP contribution in [0.25, 0.3) is 0 Å². The number of piperazine rings is 1. The lowest BCUT2D eigenvalue weighted by Crippen LogP contribution is -2.51. The average molecular weight is 433 g/mol. The van der Waals surface area contributed by atoms with E-state index in [1.54, 1.807) is 0 Å². The lowest BCUT2D eigenvalue weighted by atomic mass is 10.1. The van der Waals surface area contributed by atoms with E-state index in [1.807, 2.05) is 54.2 Å². The van der Waals surface area contributed by atoms with Crippen LogP contribution in [0.5, 0.6) is 0 Å². The minimum Gasteiger partial charge on any atom is -0.354 e. The second-order valence-corrected chi connectivity index (χ2v) is 8.64. The van der Waals surface area contributed by atoms with E-state index in [2.05, 4.69) is 51.2 Å². The Labute approximate surface area is 190 Å². The summed E-state index contributed by atoms with van der Waals surface area (Å²) in [6.45, 7) is 11.5. The van der Waals surface area contributed by atoms with Gasteiger partial charge in [0.2, 0.25) is 0 Å². The van der Waals surface area contributed by atoms with E-state index in [9.17, 15) is 4.79 Å². The van der Waals surface area contributed by atoms with Gasteiger partial charge in [-0.1, -0.05) is 18.2 Å². The van der Waals surface area contributed by atoms with Crippen LogP contribution in [0, 0.1) is 13.8 Å². The van der Waals surface area contributed by atoms with E-state index in [1.165, 1.54) is 0 Å². The highest BCUT2D eigenvalue weighted by atomic mass is 16.1. The molecule has 4 rings (SSSR count). The maximum absolute atomic E-state index is 12.8. The smallest absolute Gasteiger partial charge is 0.251 e. The van der Waals surface area contributed by atoms with Gasteiger partial charge in [0.25, 0.3) is 5.91 Å². The van der Waals surface area contributed by atoms with Crippen molar-refractivity contribution < 1.29 is 4.79 Å². The van der Waals surface area contributed by atoms with Crippen LogP contribution in [0.2, 0.25) is 0 Å². The Bertz CT molecular complexity index is 1040. The maximum Gasteiger partial charge on any atom is 0.251 e. The molecule has 0 bridgehead atoms. The summed E-state index contributed by atoms with van der Waals surface area (Å²) in [7, 11) is 0. The van der Waals surface area contributed by atoms with Gasteiger partial charge >= 0.3 is 0 Å². The summed E-state index contributed by atoms with van der Waals surface area (Å²) in [5, 5.41) is 7.69. The number of pyridine rings is 1. The molecule has 0 saturated carbocycles. The predicted octanol–water partition coefficient (Wildman–Crippen LogP) is 2.88. The molecule has 0 spiro atoms. The fourth-order valence-electron chi connectivity index (χ4n) is 4.26. The van der Waals surface area contributed by atoms with E-state index in [-0.39, 0.29) is 11.9 Å². The summed E-state index contributed by atoms with van der Waals surface area (Å²) < 4.78 is 1.97. The molecule has 1 atom stereocenters. The molecule has 32 heavy (non-hydrogen) atoms. The number of nitrogens with one attached hydrogen (secondary N) is 1. The van der Waals surface area contributed by atoms with Crippen molar-refractivity contribution in [3.8, 4) is 0 Å². The van der Waals surface area contributed by atoms with E-state index in [0.717, 1.165) is 55.5 Å². The van der Waals surface area contributed by atoms with Crippen molar-refractivity contribution in [3.63, 3.8) is 0 Å². The van der Waals surface area contributed by atoms with Crippen LogP contribution in [-0.4, -0.2) is 64.3 Å². The van der Waals surface area contributed by atoms with Gasteiger partial charge in [0.1, 0.15) is 5.82 Å². The van der Waals surface area contributed by atoms with Crippen molar-refractivity contribution in [2.75, 3.05) is 37.6 Å². The minimum atomic E-state index is -0.0279. The second kappa shape index (κ2) is 9.96. The molecule has 2 aromatic heterocycles. The molecule has 1 unspecified atom stereocenters. The Morgan fingerprint density at radius 1 is 1.06 bits per heavy atom. The first kappa shape index (κ1) is 22.0. The van der Waals surface area contributed by atoms with E-state index in [0.29, 0.717) is 12.1 Å². The number of benzene rings is 1. The Morgan fingerprint density at radius 3 is 2.56 bits per heavy atom. The molecule has 0 radical (unpaired) electrons. The Kier molecular flexibility index (Phi) is 6.85. The number of aryl methyl sites for hydroxylation is 2. The summed E-state index contributed by atoms with van der Waals surface area (Å²) >= 11 is 0. The minimum absolute atomic E-state index is 0.0279. The first-order valence-electron chi connectivity index (χ1n) is 11.3. The number of anilines is 1. The van der Waals surface area contributed by atoms with Gasteiger partial charge in [0, 0.05) is 56.2 Å². The van der Waals surface area contributed by atoms with Crippen LogP contribution >= 0.6 is 0 Å². The normalized spacial score (nSPS) is 15.5.